The molecule has 0 spiro atoms. The van der Waals surface area contributed by atoms with Gasteiger partial charge in [0, 0.05) is 25.1 Å². The molecule has 1 N–H and O–H groups in total. The second-order valence-corrected chi connectivity index (χ2v) is 7.86. The minimum Gasteiger partial charge on any atom is -0.371 e. The highest BCUT2D eigenvalue weighted by Crippen LogP contribution is 2.33. The van der Waals surface area contributed by atoms with E-state index in [-0.39, 0.29) is 18.1 Å². The van der Waals surface area contributed by atoms with E-state index in [9.17, 15) is 14.9 Å². The first kappa shape index (κ1) is 18.4. The molecule has 1 saturated heterocycles. The SMILES string of the molecule is O=C(CNc1ccccc1[N+](=O)[O-])N1CCC(c2nc3ccccc3s2)CC1. The van der Waals surface area contributed by atoms with Gasteiger partial charge >= 0.3 is 0 Å². The van der Waals surface area contributed by atoms with E-state index in [1.807, 2.05) is 23.1 Å². The van der Waals surface area contributed by atoms with E-state index in [4.69, 9.17) is 4.98 Å². The standard InChI is InChI=1S/C20H20N4O3S/c25-19(13-21-15-5-1-3-7-17(15)24(26)27)23-11-9-14(10-12-23)20-22-16-6-2-4-8-18(16)28-20/h1-8,14,21H,9-13H2. The number of carbonyl (C=O) groups excluding carboxylic acids is 1. The third-order valence-electron chi connectivity index (χ3n) is 5.04. The van der Waals surface area contributed by atoms with Gasteiger partial charge < -0.3 is 10.2 Å². The summed E-state index contributed by atoms with van der Waals surface area (Å²) < 4.78 is 1.20. The molecule has 4 rings (SSSR count). The summed E-state index contributed by atoms with van der Waals surface area (Å²) in [4.78, 5) is 29.7. The number of hydrogen-bond donors (Lipinski definition) is 1. The van der Waals surface area contributed by atoms with Gasteiger partial charge in [-0.05, 0) is 31.0 Å². The molecule has 0 saturated carbocycles. The molecule has 1 aliphatic rings. The van der Waals surface area contributed by atoms with Crippen molar-refractivity contribution in [1.29, 1.82) is 0 Å². The Hall–Kier alpha value is -3.00. The van der Waals surface area contributed by atoms with Crippen LogP contribution in [0.4, 0.5) is 11.4 Å². The number of rotatable bonds is 5. The van der Waals surface area contributed by atoms with Crippen molar-refractivity contribution in [2.75, 3.05) is 25.0 Å². The molecule has 1 amide bonds. The van der Waals surface area contributed by atoms with Gasteiger partial charge in [0.05, 0.1) is 26.7 Å². The number of aromatic nitrogens is 1. The maximum Gasteiger partial charge on any atom is 0.292 e. The second kappa shape index (κ2) is 7.93. The number of piperidine rings is 1. The smallest absolute Gasteiger partial charge is 0.292 e. The Morgan fingerprint density at radius 3 is 2.64 bits per heavy atom. The van der Waals surface area contributed by atoms with Crippen LogP contribution in [0.5, 0.6) is 0 Å². The molecular weight excluding hydrogens is 376 g/mol. The van der Waals surface area contributed by atoms with Crippen molar-refractivity contribution in [1.82, 2.24) is 9.88 Å². The Labute approximate surface area is 166 Å². The van der Waals surface area contributed by atoms with E-state index in [0.717, 1.165) is 23.4 Å². The van der Waals surface area contributed by atoms with Crippen molar-refractivity contribution in [2.45, 2.75) is 18.8 Å². The summed E-state index contributed by atoms with van der Waals surface area (Å²) in [6, 6.07) is 14.5. The van der Waals surface area contributed by atoms with E-state index in [1.54, 1.807) is 29.5 Å². The Balaban J connectivity index is 1.33. The summed E-state index contributed by atoms with van der Waals surface area (Å²) in [7, 11) is 0. The summed E-state index contributed by atoms with van der Waals surface area (Å²) in [5.41, 5.74) is 1.38. The molecule has 0 bridgehead atoms. The normalized spacial score (nSPS) is 14.9. The molecule has 1 fully saturated rings. The highest BCUT2D eigenvalue weighted by molar-refractivity contribution is 7.18. The van der Waals surface area contributed by atoms with Crippen molar-refractivity contribution in [3.05, 3.63) is 63.7 Å². The van der Waals surface area contributed by atoms with Crippen LogP contribution < -0.4 is 5.32 Å². The van der Waals surface area contributed by atoms with E-state index < -0.39 is 4.92 Å². The molecule has 7 nitrogen and oxygen atoms in total. The summed E-state index contributed by atoms with van der Waals surface area (Å²) in [5.74, 6) is 0.338. The summed E-state index contributed by atoms with van der Waals surface area (Å²) in [6.45, 7) is 1.41. The number of anilines is 1. The fraction of sp³-hybridized carbons (Fsp3) is 0.300. The predicted octanol–water partition coefficient (Wildman–Crippen LogP) is 4.02. The van der Waals surface area contributed by atoms with Gasteiger partial charge in [0.15, 0.2) is 0 Å². The van der Waals surface area contributed by atoms with Crippen molar-refractivity contribution in [3.8, 4) is 0 Å². The lowest BCUT2D eigenvalue weighted by atomic mass is 9.97. The van der Waals surface area contributed by atoms with E-state index in [2.05, 4.69) is 11.4 Å². The molecular formula is C20H20N4O3S. The van der Waals surface area contributed by atoms with Crippen molar-refractivity contribution >= 4 is 38.8 Å². The van der Waals surface area contributed by atoms with Crippen LogP contribution in [-0.4, -0.2) is 40.3 Å². The number of para-hydroxylation sites is 3. The van der Waals surface area contributed by atoms with Gasteiger partial charge in [-0.1, -0.05) is 24.3 Å². The van der Waals surface area contributed by atoms with Gasteiger partial charge in [0.25, 0.3) is 5.69 Å². The average molecular weight is 396 g/mol. The minimum absolute atomic E-state index is 0.0233. The van der Waals surface area contributed by atoms with Crippen LogP contribution in [-0.2, 0) is 4.79 Å². The highest BCUT2D eigenvalue weighted by atomic mass is 32.1. The molecule has 144 valence electrons. The highest BCUT2D eigenvalue weighted by Gasteiger charge is 2.26. The molecule has 0 aliphatic carbocycles. The first-order valence-corrected chi connectivity index (χ1v) is 10.0. The zero-order valence-electron chi connectivity index (χ0n) is 15.2. The molecule has 1 aromatic heterocycles. The number of thiazole rings is 1. The van der Waals surface area contributed by atoms with Gasteiger partial charge in [-0.15, -0.1) is 11.3 Å². The molecule has 2 heterocycles. The summed E-state index contributed by atoms with van der Waals surface area (Å²) in [5, 5.41) is 15.1. The molecule has 0 unspecified atom stereocenters. The number of carbonyl (C=O) groups is 1. The number of nitro groups is 1. The van der Waals surface area contributed by atoms with Crippen molar-refractivity contribution in [2.24, 2.45) is 0 Å². The van der Waals surface area contributed by atoms with Gasteiger partial charge in [-0.3, -0.25) is 14.9 Å². The van der Waals surface area contributed by atoms with Crippen LogP contribution in [0.2, 0.25) is 0 Å². The summed E-state index contributed by atoms with van der Waals surface area (Å²) >= 11 is 1.73. The Morgan fingerprint density at radius 1 is 1.18 bits per heavy atom. The average Bonchev–Trinajstić information content (AvgIpc) is 3.16. The molecule has 3 aromatic rings. The van der Waals surface area contributed by atoms with Crippen molar-refractivity contribution < 1.29 is 9.72 Å². The Bertz CT molecular complexity index is 978. The predicted molar refractivity (Wildman–Crippen MR) is 110 cm³/mol. The topological polar surface area (TPSA) is 88.4 Å². The fourth-order valence-corrected chi connectivity index (χ4v) is 4.64. The molecule has 0 radical (unpaired) electrons. The van der Waals surface area contributed by atoms with E-state index in [1.165, 1.54) is 10.8 Å². The molecule has 28 heavy (non-hydrogen) atoms. The van der Waals surface area contributed by atoms with E-state index in [0.29, 0.717) is 24.7 Å². The fourth-order valence-electron chi connectivity index (χ4n) is 3.51. The van der Waals surface area contributed by atoms with Crippen LogP contribution in [0.25, 0.3) is 10.2 Å². The first-order valence-electron chi connectivity index (χ1n) is 9.22. The monoisotopic (exact) mass is 396 g/mol. The van der Waals surface area contributed by atoms with Crippen LogP contribution >= 0.6 is 11.3 Å². The van der Waals surface area contributed by atoms with Crippen LogP contribution in [0.1, 0.15) is 23.8 Å². The molecule has 2 aromatic carbocycles. The number of benzene rings is 2. The number of nitrogens with one attached hydrogen (secondary N) is 1. The molecule has 8 heteroatoms. The minimum atomic E-state index is -0.448. The molecule has 0 atom stereocenters. The second-order valence-electron chi connectivity index (χ2n) is 6.80. The van der Waals surface area contributed by atoms with Crippen LogP contribution in [0.3, 0.4) is 0 Å². The lowest BCUT2D eigenvalue weighted by Crippen LogP contribution is -2.40. The lowest BCUT2D eigenvalue weighted by Gasteiger charge is -2.31. The number of nitrogens with zero attached hydrogens (tertiary/aromatic N) is 3. The van der Waals surface area contributed by atoms with Crippen molar-refractivity contribution in [3.63, 3.8) is 0 Å². The van der Waals surface area contributed by atoms with Gasteiger partial charge in [-0.25, -0.2) is 4.98 Å². The number of nitro benzene ring substituents is 1. The Morgan fingerprint density at radius 2 is 1.89 bits per heavy atom. The molecule has 1 aliphatic heterocycles. The number of amides is 1. The third kappa shape index (κ3) is 3.82. The van der Waals surface area contributed by atoms with Crippen LogP contribution in [0, 0.1) is 10.1 Å². The summed E-state index contributed by atoms with van der Waals surface area (Å²) in [6.07, 6.45) is 1.77. The maximum atomic E-state index is 12.5. The number of fused-ring (bicyclic) bond motifs is 1. The zero-order valence-corrected chi connectivity index (χ0v) is 16.0. The zero-order chi connectivity index (χ0) is 19.5. The van der Waals surface area contributed by atoms with Gasteiger partial charge in [0.2, 0.25) is 5.91 Å². The van der Waals surface area contributed by atoms with E-state index >= 15 is 0 Å². The van der Waals surface area contributed by atoms with Gasteiger partial charge in [-0.2, -0.15) is 0 Å². The Kier molecular flexibility index (Phi) is 5.21. The number of hydrogen-bond acceptors (Lipinski definition) is 6. The third-order valence-corrected chi connectivity index (χ3v) is 6.24. The van der Waals surface area contributed by atoms with Crippen LogP contribution in [0.15, 0.2) is 48.5 Å². The quantitative estimate of drug-likeness (QED) is 0.520. The maximum absolute atomic E-state index is 12.5. The lowest BCUT2D eigenvalue weighted by molar-refractivity contribution is -0.383. The largest absolute Gasteiger partial charge is 0.371 e. The number of likely N-dealkylation sites (tertiary alicyclic amines) is 1. The van der Waals surface area contributed by atoms with Gasteiger partial charge in [0.1, 0.15) is 5.69 Å². The first-order chi connectivity index (χ1) is 13.6.